The Hall–Kier alpha value is -5.86. The maximum Gasteiger partial charge on any atom is 0.132 e. The summed E-state index contributed by atoms with van der Waals surface area (Å²) in [5.41, 5.74) is 15.5. The van der Waals surface area contributed by atoms with Crippen LogP contribution in [0.2, 0.25) is 0 Å². The van der Waals surface area contributed by atoms with Gasteiger partial charge in [0, 0.05) is 28.9 Å². The zero-order valence-corrected chi connectivity index (χ0v) is 27.2. The molecule has 3 aliphatic rings. The SMILES string of the molecule is C\C=C/C=C\C=C(/C)c1ccc2c(c1)C1(c3cc(-c4ccccc4)ccc3O2)c2ccccc2N2Cc3ccccc3-c3cccc1c32. The van der Waals surface area contributed by atoms with Gasteiger partial charge in [-0.2, -0.15) is 0 Å². The van der Waals surface area contributed by atoms with Crippen molar-refractivity contribution in [3.05, 3.63) is 197 Å². The Kier molecular flexibility index (Phi) is 6.58. The first kappa shape index (κ1) is 28.4. The fraction of sp³-hybridized carbons (Fsp3) is 0.0870. The highest BCUT2D eigenvalue weighted by Crippen LogP contribution is 2.64. The van der Waals surface area contributed by atoms with Crippen molar-refractivity contribution in [3.8, 4) is 33.8 Å². The molecule has 0 radical (unpaired) electrons. The van der Waals surface area contributed by atoms with Crippen LogP contribution < -0.4 is 9.64 Å². The Labute approximate surface area is 282 Å². The molecule has 0 bridgehead atoms. The molecule has 0 amide bonds. The quantitative estimate of drug-likeness (QED) is 0.182. The zero-order valence-electron chi connectivity index (χ0n) is 27.2. The molecule has 0 aromatic heterocycles. The molecule has 0 saturated carbocycles. The fourth-order valence-corrected chi connectivity index (χ4v) is 8.10. The average Bonchev–Trinajstić information content (AvgIpc) is 3.15. The molecule has 1 spiro atoms. The van der Waals surface area contributed by atoms with E-state index in [2.05, 4.69) is 170 Å². The maximum absolute atomic E-state index is 6.87. The van der Waals surface area contributed by atoms with E-state index in [1.807, 2.05) is 13.0 Å². The van der Waals surface area contributed by atoms with Crippen molar-refractivity contribution in [1.82, 2.24) is 0 Å². The highest BCUT2D eigenvalue weighted by atomic mass is 16.5. The van der Waals surface area contributed by atoms with Gasteiger partial charge in [-0.15, -0.1) is 0 Å². The maximum atomic E-state index is 6.87. The van der Waals surface area contributed by atoms with E-state index in [4.69, 9.17) is 4.74 Å². The number of hydrogen-bond donors (Lipinski definition) is 0. The summed E-state index contributed by atoms with van der Waals surface area (Å²) in [5.74, 6) is 1.79. The number of para-hydroxylation sites is 2. The van der Waals surface area contributed by atoms with E-state index in [1.165, 1.54) is 72.6 Å². The lowest BCUT2D eigenvalue weighted by molar-refractivity contribution is 0.433. The summed E-state index contributed by atoms with van der Waals surface area (Å²) >= 11 is 0. The molecule has 1 unspecified atom stereocenters. The van der Waals surface area contributed by atoms with E-state index < -0.39 is 5.41 Å². The first-order chi connectivity index (χ1) is 23.7. The molecule has 9 rings (SSSR count). The second-order valence-electron chi connectivity index (χ2n) is 12.9. The molecule has 48 heavy (non-hydrogen) atoms. The van der Waals surface area contributed by atoms with Crippen molar-refractivity contribution < 1.29 is 4.74 Å². The highest BCUT2D eigenvalue weighted by Gasteiger charge is 2.52. The number of hydrogen-bond acceptors (Lipinski definition) is 2. The molecule has 1 atom stereocenters. The summed E-state index contributed by atoms with van der Waals surface area (Å²) in [6.45, 7) is 5.06. The van der Waals surface area contributed by atoms with Crippen LogP contribution in [-0.2, 0) is 12.0 Å². The number of benzene rings is 6. The number of nitrogens with zero attached hydrogens (tertiary/aromatic N) is 1. The molecule has 6 aromatic rings. The molecule has 6 aromatic carbocycles. The van der Waals surface area contributed by atoms with Crippen LogP contribution in [0.25, 0.3) is 27.8 Å². The highest BCUT2D eigenvalue weighted by molar-refractivity contribution is 5.96. The minimum atomic E-state index is -0.616. The predicted octanol–water partition coefficient (Wildman–Crippen LogP) is 12.0. The van der Waals surface area contributed by atoms with E-state index in [0.29, 0.717) is 0 Å². The first-order valence-electron chi connectivity index (χ1n) is 16.8. The van der Waals surface area contributed by atoms with Gasteiger partial charge in [-0.25, -0.2) is 0 Å². The zero-order chi connectivity index (χ0) is 32.2. The van der Waals surface area contributed by atoms with E-state index in [0.717, 1.165) is 18.0 Å². The smallest absolute Gasteiger partial charge is 0.132 e. The van der Waals surface area contributed by atoms with E-state index in [-0.39, 0.29) is 0 Å². The van der Waals surface area contributed by atoms with Crippen LogP contribution in [-0.4, -0.2) is 0 Å². The second kappa shape index (κ2) is 11.1. The van der Waals surface area contributed by atoms with Crippen molar-refractivity contribution in [2.45, 2.75) is 25.8 Å². The summed E-state index contributed by atoms with van der Waals surface area (Å²) in [4.78, 5) is 2.55. The van der Waals surface area contributed by atoms with Crippen LogP contribution in [0.3, 0.4) is 0 Å². The molecular formula is C46H35NO. The number of ether oxygens (including phenoxy) is 1. The van der Waals surface area contributed by atoms with Crippen molar-refractivity contribution in [1.29, 1.82) is 0 Å². The lowest BCUT2D eigenvalue weighted by Crippen LogP contribution is -2.41. The molecule has 0 fully saturated rings. The monoisotopic (exact) mass is 617 g/mol. The van der Waals surface area contributed by atoms with Crippen molar-refractivity contribution in [3.63, 3.8) is 0 Å². The molecule has 0 aliphatic carbocycles. The number of fused-ring (bicyclic) bond motifs is 10. The van der Waals surface area contributed by atoms with Gasteiger partial charge in [-0.1, -0.05) is 134 Å². The van der Waals surface area contributed by atoms with Crippen LogP contribution in [0.15, 0.2) is 164 Å². The third-order valence-electron chi connectivity index (χ3n) is 10.3. The van der Waals surface area contributed by atoms with Gasteiger partial charge in [0.05, 0.1) is 11.1 Å². The average molecular weight is 618 g/mol. The summed E-state index contributed by atoms with van der Waals surface area (Å²) in [5, 5.41) is 0. The largest absolute Gasteiger partial charge is 0.457 e. The lowest BCUT2D eigenvalue weighted by atomic mass is 9.60. The van der Waals surface area contributed by atoms with E-state index in [1.54, 1.807) is 0 Å². The van der Waals surface area contributed by atoms with E-state index >= 15 is 0 Å². The van der Waals surface area contributed by atoms with Crippen molar-refractivity contribution in [2.24, 2.45) is 0 Å². The lowest BCUT2D eigenvalue weighted by Gasteiger charge is -2.50. The summed E-state index contributed by atoms with van der Waals surface area (Å²) in [6.07, 6.45) is 10.5. The van der Waals surface area contributed by atoms with Gasteiger partial charge in [0.15, 0.2) is 0 Å². The fourth-order valence-electron chi connectivity index (χ4n) is 8.10. The Morgan fingerprint density at radius 1 is 0.625 bits per heavy atom. The molecule has 3 aliphatic heterocycles. The number of anilines is 2. The molecule has 230 valence electrons. The van der Waals surface area contributed by atoms with Gasteiger partial charge in [0.2, 0.25) is 0 Å². The molecule has 0 saturated heterocycles. The van der Waals surface area contributed by atoms with Crippen LogP contribution in [0, 0.1) is 0 Å². The first-order valence-corrected chi connectivity index (χ1v) is 16.8. The predicted molar refractivity (Wildman–Crippen MR) is 199 cm³/mol. The minimum Gasteiger partial charge on any atom is -0.457 e. The van der Waals surface area contributed by atoms with Gasteiger partial charge in [0.25, 0.3) is 0 Å². The van der Waals surface area contributed by atoms with Crippen LogP contribution in [0.4, 0.5) is 11.4 Å². The Bertz CT molecular complexity index is 2330. The Morgan fingerprint density at radius 2 is 1.35 bits per heavy atom. The Morgan fingerprint density at radius 3 is 2.23 bits per heavy atom. The summed E-state index contributed by atoms with van der Waals surface area (Å²) in [6, 6.07) is 49.0. The third kappa shape index (κ3) is 4.12. The molecule has 2 nitrogen and oxygen atoms in total. The summed E-state index contributed by atoms with van der Waals surface area (Å²) < 4.78 is 6.87. The van der Waals surface area contributed by atoms with Gasteiger partial charge in [-0.05, 0) is 88.7 Å². The van der Waals surface area contributed by atoms with Gasteiger partial charge >= 0.3 is 0 Å². The van der Waals surface area contributed by atoms with Crippen molar-refractivity contribution >= 4 is 16.9 Å². The number of allylic oxidation sites excluding steroid dienone is 6. The van der Waals surface area contributed by atoms with Crippen LogP contribution >= 0.6 is 0 Å². The van der Waals surface area contributed by atoms with Gasteiger partial charge in [-0.3, -0.25) is 0 Å². The molecule has 2 heteroatoms. The Balaban J connectivity index is 1.40. The molecule has 0 N–H and O–H groups in total. The topological polar surface area (TPSA) is 12.5 Å². The van der Waals surface area contributed by atoms with Gasteiger partial charge in [0.1, 0.15) is 11.5 Å². The summed E-state index contributed by atoms with van der Waals surface area (Å²) in [7, 11) is 0. The third-order valence-corrected chi connectivity index (χ3v) is 10.3. The number of rotatable bonds is 4. The van der Waals surface area contributed by atoms with Crippen LogP contribution in [0.5, 0.6) is 11.5 Å². The van der Waals surface area contributed by atoms with Crippen molar-refractivity contribution in [2.75, 3.05) is 4.90 Å². The standard InChI is InChI=1S/C46H35NO/c1-3-4-5-7-15-31(2)33-24-26-43-40(28-33)46(41-29-34(25-27-44(41)48-43)32-16-8-6-9-17-32)38-21-12-13-23-42(38)47-30-35-18-10-11-19-36(35)37-20-14-22-39(46)45(37)47/h3-29H,30H2,1-2H3/b4-3-,7-5-,31-15+. The normalized spacial score (nSPS) is 17.0. The van der Waals surface area contributed by atoms with Crippen LogP contribution in [0.1, 0.15) is 47.2 Å². The molecule has 3 heterocycles. The second-order valence-corrected chi connectivity index (χ2v) is 12.9. The van der Waals surface area contributed by atoms with Gasteiger partial charge < -0.3 is 9.64 Å². The minimum absolute atomic E-state index is 0.616. The van der Waals surface area contributed by atoms with E-state index in [9.17, 15) is 0 Å². The molecular weight excluding hydrogens is 583 g/mol.